The van der Waals surface area contributed by atoms with Crippen LogP contribution >= 0.6 is 0 Å². The zero-order valence-electron chi connectivity index (χ0n) is 12.1. The van der Waals surface area contributed by atoms with E-state index in [4.69, 9.17) is 5.11 Å². The smallest absolute Gasteiger partial charge is 0.416 e. The number of hydrogen-bond acceptors (Lipinski definition) is 4. The molecule has 2 unspecified atom stereocenters. The van der Waals surface area contributed by atoms with E-state index >= 15 is 0 Å². The first kappa shape index (κ1) is 18.9. The molecule has 0 aliphatic rings. The molecule has 0 saturated heterocycles. The van der Waals surface area contributed by atoms with E-state index in [-0.39, 0.29) is 24.4 Å². The molecule has 2 atom stereocenters. The van der Waals surface area contributed by atoms with E-state index in [0.717, 1.165) is 6.07 Å². The summed E-state index contributed by atoms with van der Waals surface area (Å²) in [6.07, 6.45) is -8.09. The number of carboxylic acids is 1. The predicted molar refractivity (Wildman–Crippen MR) is 72.7 cm³/mol. The molecule has 0 bridgehead atoms. The third kappa shape index (κ3) is 5.53. The topological polar surface area (TPSA) is 107 Å². The van der Waals surface area contributed by atoms with Crippen molar-refractivity contribution in [2.45, 2.75) is 31.7 Å². The van der Waals surface area contributed by atoms with Gasteiger partial charge in [0.2, 0.25) is 5.91 Å². The Kier molecular flexibility index (Phi) is 6.11. The van der Waals surface area contributed by atoms with Crippen LogP contribution in [0.25, 0.3) is 0 Å². The Hall–Kier alpha value is -2.13. The molecule has 0 aliphatic heterocycles. The first-order valence-electron chi connectivity index (χ1n) is 6.58. The Morgan fingerprint density at radius 1 is 1.22 bits per heavy atom. The summed E-state index contributed by atoms with van der Waals surface area (Å²) in [5.41, 5.74) is -2.25. The van der Waals surface area contributed by atoms with E-state index in [1.54, 1.807) is 0 Å². The number of aliphatic hydroxyl groups excluding tert-OH is 2. The average molecular weight is 335 g/mol. The fourth-order valence-corrected chi connectivity index (χ4v) is 1.89. The van der Waals surface area contributed by atoms with Gasteiger partial charge in [0.25, 0.3) is 0 Å². The molecule has 1 rings (SSSR count). The largest absolute Gasteiger partial charge is 0.478 e. The summed E-state index contributed by atoms with van der Waals surface area (Å²) in [6.45, 7) is 1.26. The quantitative estimate of drug-likeness (QED) is 0.627. The maximum atomic E-state index is 12.8. The minimum absolute atomic E-state index is 0.0122. The highest BCUT2D eigenvalue weighted by Crippen LogP contribution is 2.33. The molecular formula is C14H16F3NO5. The molecule has 23 heavy (non-hydrogen) atoms. The lowest BCUT2D eigenvalue weighted by Crippen LogP contribution is -2.28. The second-order valence-corrected chi connectivity index (χ2v) is 4.93. The number of carbonyl (C=O) groups is 2. The Morgan fingerprint density at radius 3 is 2.30 bits per heavy atom. The lowest BCUT2D eigenvalue weighted by molar-refractivity contribution is -0.137. The van der Waals surface area contributed by atoms with Crippen molar-refractivity contribution in [2.75, 3.05) is 6.54 Å². The van der Waals surface area contributed by atoms with Crippen LogP contribution in [0.15, 0.2) is 18.2 Å². The summed E-state index contributed by atoms with van der Waals surface area (Å²) in [4.78, 5) is 21.6. The molecule has 4 N–H and O–H groups in total. The van der Waals surface area contributed by atoms with Gasteiger partial charge in [-0.1, -0.05) is 0 Å². The predicted octanol–water partition coefficient (Wildman–Crippen LogP) is 1.32. The number of aliphatic hydroxyl groups is 2. The highest BCUT2D eigenvalue weighted by molar-refractivity contribution is 5.88. The van der Waals surface area contributed by atoms with Crippen molar-refractivity contribution in [3.63, 3.8) is 0 Å². The van der Waals surface area contributed by atoms with Crippen molar-refractivity contribution < 1.29 is 38.1 Å². The number of rotatable bonds is 6. The summed E-state index contributed by atoms with van der Waals surface area (Å²) in [5.74, 6) is -1.95. The normalized spacial score (nSPS) is 14.2. The lowest BCUT2D eigenvalue weighted by atomic mass is 9.97. The van der Waals surface area contributed by atoms with Gasteiger partial charge < -0.3 is 20.6 Å². The molecule has 0 spiro atoms. The third-order valence-corrected chi connectivity index (χ3v) is 3.05. The summed E-state index contributed by atoms with van der Waals surface area (Å²) >= 11 is 0. The number of hydrogen-bond donors (Lipinski definition) is 4. The fourth-order valence-electron chi connectivity index (χ4n) is 1.89. The van der Waals surface area contributed by atoms with Gasteiger partial charge >= 0.3 is 12.1 Å². The van der Waals surface area contributed by atoms with Gasteiger partial charge in [-0.2, -0.15) is 13.2 Å². The van der Waals surface area contributed by atoms with E-state index in [0.29, 0.717) is 12.1 Å². The standard InChI is InChI=1S/C14H16F3NO5/c1-7(19)18-3-2-11(20)12(21)8-4-9(13(22)23)6-10(5-8)14(15,16)17/h4-6,11-12,20-21H,2-3H2,1H3,(H,18,19)(H,22,23). The van der Waals surface area contributed by atoms with Crippen molar-refractivity contribution in [3.05, 3.63) is 34.9 Å². The molecule has 0 fully saturated rings. The van der Waals surface area contributed by atoms with Crippen LogP contribution in [0.4, 0.5) is 13.2 Å². The molecule has 0 aliphatic carbocycles. The van der Waals surface area contributed by atoms with Crippen molar-refractivity contribution in [2.24, 2.45) is 0 Å². The number of benzene rings is 1. The summed E-state index contributed by atoms with van der Waals surface area (Å²) in [5, 5.41) is 30.9. The number of amides is 1. The van der Waals surface area contributed by atoms with Crippen LogP contribution in [-0.4, -0.2) is 39.8 Å². The maximum Gasteiger partial charge on any atom is 0.416 e. The average Bonchev–Trinajstić information content (AvgIpc) is 2.44. The van der Waals surface area contributed by atoms with Crippen molar-refractivity contribution in [1.82, 2.24) is 5.32 Å². The highest BCUT2D eigenvalue weighted by Gasteiger charge is 2.33. The van der Waals surface area contributed by atoms with Gasteiger partial charge in [-0.25, -0.2) is 4.79 Å². The van der Waals surface area contributed by atoms with Crippen molar-refractivity contribution in [1.29, 1.82) is 0 Å². The van der Waals surface area contributed by atoms with Crippen LogP contribution in [0.3, 0.4) is 0 Å². The first-order chi connectivity index (χ1) is 10.5. The minimum atomic E-state index is -4.79. The molecule has 1 amide bonds. The number of alkyl halides is 3. The number of aromatic carboxylic acids is 1. The molecule has 0 saturated carbocycles. The Morgan fingerprint density at radius 2 is 1.83 bits per heavy atom. The van der Waals surface area contributed by atoms with Crippen LogP contribution in [0.1, 0.15) is 40.9 Å². The number of halogens is 3. The van der Waals surface area contributed by atoms with E-state index in [2.05, 4.69) is 5.32 Å². The van der Waals surface area contributed by atoms with E-state index < -0.39 is 35.5 Å². The molecule has 128 valence electrons. The van der Waals surface area contributed by atoms with Gasteiger partial charge in [-0.15, -0.1) is 0 Å². The van der Waals surface area contributed by atoms with Gasteiger partial charge in [0.05, 0.1) is 17.2 Å². The highest BCUT2D eigenvalue weighted by atomic mass is 19.4. The molecule has 0 radical (unpaired) electrons. The number of nitrogens with one attached hydrogen (secondary N) is 1. The molecule has 1 aromatic carbocycles. The second-order valence-electron chi connectivity index (χ2n) is 4.93. The zero-order chi connectivity index (χ0) is 17.8. The van der Waals surface area contributed by atoms with Crippen molar-refractivity contribution >= 4 is 11.9 Å². The minimum Gasteiger partial charge on any atom is -0.478 e. The van der Waals surface area contributed by atoms with E-state index in [1.807, 2.05) is 0 Å². The summed E-state index contributed by atoms with van der Waals surface area (Å²) < 4.78 is 38.3. The van der Waals surface area contributed by atoms with Gasteiger partial charge in [0.15, 0.2) is 0 Å². The zero-order valence-corrected chi connectivity index (χ0v) is 12.1. The van der Waals surface area contributed by atoms with Crippen LogP contribution in [0, 0.1) is 0 Å². The molecule has 9 heteroatoms. The van der Waals surface area contributed by atoms with E-state index in [9.17, 15) is 33.0 Å². The number of carbonyl (C=O) groups excluding carboxylic acids is 1. The molecule has 6 nitrogen and oxygen atoms in total. The molecule has 0 heterocycles. The fraction of sp³-hybridized carbons (Fsp3) is 0.429. The third-order valence-electron chi connectivity index (χ3n) is 3.05. The Balaban J connectivity index is 3.03. The van der Waals surface area contributed by atoms with Crippen LogP contribution < -0.4 is 5.32 Å². The SMILES string of the molecule is CC(=O)NCCC(O)C(O)c1cc(C(=O)O)cc(C(F)(F)F)c1. The van der Waals surface area contributed by atoms with Crippen LogP contribution in [0.2, 0.25) is 0 Å². The van der Waals surface area contributed by atoms with Crippen LogP contribution in [0.5, 0.6) is 0 Å². The summed E-state index contributed by atoms with van der Waals surface area (Å²) in [7, 11) is 0. The van der Waals surface area contributed by atoms with Gasteiger partial charge in [-0.05, 0) is 30.2 Å². The molecule has 0 aromatic heterocycles. The molecular weight excluding hydrogens is 319 g/mol. The van der Waals surface area contributed by atoms with Gasteiger partial charge in [0.1, 0.15) is 6.10 Å². The van der Waals surface area contributed by atoms with Gasteiger partial charge in [-0.3, -0.25) is 4.79 Å². The molecule has 1 aromatic rings. The first-order valence-corrected chi connectivity index (χ1v) is 6.58. The monoisotopic (exact) mass is 335 g/mol. The van der Waals surface area contributed by atoms with Crippen LogP contribution in [-0.2, 0) is 11.0 Å². The summed E-state index contributed by atoms with van der Waals surface area (Å²) in [6, 6.07) is 1.89. The Bertz CT molecular complexity index is 588. The number of carboxylic acid groups (broad SMARTS) is 1. The Labute approximate surface area is 129 Å². The van der Waals surface area contributed by atoms with E-state index in [1.165, 1.54) is 6.92 Å². The second kappa shape index (κ2) is 7.42. The lowest BCUT2D eigenvalue weighted by Gasteiger charge is -2.20. The van der Waals surface area contributed by atoms with Crippen molar-refractivity contribution in [3.8, 4) is 0 Å². The maximum absolute atomic E-state index is 12.8. The van der Waals surface area contributed by atoms with Gasteiger partial charge in [0, 0.05) is 13.5 Å².